The van der Waals surface area contributed by atoms with Crippen LogP contribution < -0.4 is 5.73 Å². The maximum Gasteiger partial charge on any atom is 0.248 e. The highest BCUT2D eigenvalue weighted by atomic mass is 32.2. The summed E-state index contributed by atoms with van der Waals surface area (Å²) in [6, 6.07) is 3.44. The van der Waals surface area contributed by atoms with Crippen molar-refractivity contribution in [2.24, 2.45) is 7.05 Å². The first-order valence-electron chi connectivity index (χ1n) is 5.76. The molecule has 0 atom stereocenters. The molecule has 2 rings (SSSR count). The summed E-state index contributed by atoms with van der Waals surface area (Å²) in [5.74, 6) is 0.577. The Kier molecular flexibility index (Phi) is 3.63. The Balaban J connectivity index is 2.33. The topological polar surface area (TPSA) is 94.4 Å². The minimum Gasteiger partial charge on any atom is -0.468 e. The fourth-order valence-corrected chi connectivity index (χ4v) is 3.27. The van der Waals surface area contributed by atoms with Gasteiger partial charge in [0.2, 0.25) is 10.0 Å². The van der Waals surface area contributed by atoms with Gasteiger partial charge < -0.3 is 10.2 Å². The van der Waals surface area contributed by atoms with Crippen LogP contribution in [-0.2, 0) is 23.6 Å². The van der Waals surface area contributed by atoms with Gasteiger partial charge in [-0.3, -0.25) is 4.68 Å². The van der Waals surface area contributed by atoms with Gasteiger partial charge in [0, 0.05) is 19.8 Å². The third-order valence-corrected chi connectivity index (χ3v) is 4.64. The number of nitrogens with zero attached hydrogens (tertiary/aromatic N) is 3. The van der Waals surface area contributed by atoms with Crippen LogP contribution in [0.2, 0.25) is 0 Å². The number of anilines is 1. The standard InChI is InChI=1S/C11H16N4O3S/c1-3-15(7-9-5-4-6-18-9)19(16,17)10-8-14(2)13-11(10)12/h4-6,8H,3,7H2,1-2H3,(H2,12,13). The molecule has 0 amide bonds. The van der Waals surface area contributed by atoms with Crippen molar-refractivity contribution in [1.82, 2.24) is 14.1 Å². The highest BCUT2D eigenvalue weighted by Gasteiger charge is 2.28. The Morgan fingerprint density at radius 3 is 2.74 bits per heavy atom. The zero-order valence-electron chi connectivity index (χ0n) is 10.8. The van der Waals surface area contributed by atoms with Crippen LogP contribution in [-0.4, -0.2) is 29.0 Å². The van der Waals surface area contributed by atoms with Crippen LogP contribution in [0.15, 0.2) is 33.9 Å². The van der Waals surface area contributed by atoms with Gasteiger partial charge >= 0.3 is 0 Å². The van der Waals surface area contributed by atoms with Crippen molar-refractivity contribution in [1.29, 1.82) is 0 Å². The number of nitrogen functional groups attached to an aromatic ring is 1. The van der Waals surface area contributed by atoms with Crippen LogP contribution in [0.1, 0.15) is 12.7 Å². The monoisotopic (exact) mass is 284 g/mol. The Hall–Kier alpha value is -1.80. The van der Waals surface area contributed by atoms with E-state index in [2.05, 4.69) is 5.10 Å². The van der Waals surface area contributed by atoms with Crippen LogP contribution in [0.25, 0.3) is 0 Å². The van der Waals surface area contributed by atoms with Crippen LogP contribution >= 0.6 is 0 Å². The number of hydrogen-bond acceptors (Lipinski definition) is 5. The molecule has 0 bridgehead atoms. The Bertz CT molecular complexity index is 646. The number of rotatable bonds is 5. The molecule has 7 nitrogen and oxygen atoms in total. The van der Waals surface area contributed by atoms with Crippen molar-refractivity contribution < 1.29 is 12.8 Å². The molecule has 0 radical (unpaired) electrons. The van der Waals surface area contributed by atoms with E-state index in [1.165, 1.54) is 21.4 Å². The largest absolute Gasteiger partial charge is 0.468 e. The minimum atomic E-state index is -3.67. The van der Waals surface area contributed by atoms with Gasteiger partial charge in [0.05, 0.1) is 12.8 Å². The zero-order chi connectivity index (χ0) is 14.0. The van der Waals surface area contributed by atoms with Gasteiger partial charge in [-0.25, -0.2) is 8.42 Å². The molecule has 104 valence electrons. The fourth-order valence-electron chi connectivity index (χ4n) is 1.76. The SMILES string of the molecule is CCN(Cc1ccco1)S(=O)(=O)c1cn(C)nc1N. The van der Waals surface area contributed by atoms with Crippen molar-refractivity contribution in [3.05, 3.63) is 30.4 Å². The second-order valence-corrected chi connectivity index (χ2v) is 5.97. The second kappa shape index (κ2) is 5.06. The van der Waals surface area contributed by atoms with Crippen molar-refractivity contribution in [3.63, 3.8) is 0 Å². The van der Waals surface area contributed by atoms with E-state index in [4.69, 9.17) is 10.2 Å². The molecule has 2 aromatic heterocycles. The lowest BCUT2D eigenvalue weighted by molar-refractivity contribution is 0.375. The first-order valence-corrected chi connectivity index (χ1v) is 7.20. The Morgan fingerprint density at radius 1 is 1.53 bits per heavy atom. The molecule has 0 spiro atoms. The van der Waals surface area contributed by atoms with Crippen LogP contribution in [0.5, 0.6) is 0 Å². The van der Waals surface area contributed by atoms with Crippen LogP contribution in [0, 0.1) is 0 Å². The fraction of sp³-hybridized carbons (Fsp3) is 0.364. The maximum absolute atomic E-state index is 12.5. The van der Waals surface area contributed by atoms with E-state index in [1.807, 2.05) is 0 Å². The lowest BCUT2D eigenvalue weighted by Crippen LogP contribution is -2.30. The van der Waals surface area contributed by atoms with E-state index in [0.29, 0.717) is 12.3 Å². The predicted octanol–water partition coefficient (Wildman–Crippen LogP) is 0.806. The number of nitrogens with two attached hydrogens (primary N) is 1. The molecule has 0 aromatic carbocycles. The average molecular weight is 284 g/mol. The number of aryl methyl sites for hydroxylation is 1. The van der Waals surface area contributed by atoms with E-state index >= 15 is 0 Å². The van der Waals surface area contributed by atoms with Gasteiger partial charge in [0.25, 0.3) is 0 Å². The van der Waals surface area contributed by atoms with Crippen LogP contribution in [0.4, 0.5) is 5.82 Å². The summed E-state index contributed by atoms with van der Waals surface area (Å²) in [5, 5.41) is 3.86. The maximum atomic E-state index is 12.5. The zero-order valence-corrected chi connectivity index (χ0v) is 11.6. The molecule has 0 saturated heterocycles. The molecule has 0 unspecified atom stereocenters. The Morgan fingerprint density at radius 2 is 2.26 bits per heavy atom. The van der Waals surface area contributed by atoms with Gasteiger partial charge in [-0.2, -0.15) is 9.40 Å². The van der Waals surface area contributed by atoms with E-state index in [0.717, 1.165) is 0 Å². The molecule has 0 aliphatic carbocycles. The summed E-state index contributed by atoms with van der Waals surface area (Å²) in [7, 11) is -2.05. The molecular weight excluding hydrogens is 268 g/mol. The molecular formula is C11H16N4O3S. The molecule has 8 heteroatoms. The molecule has 2 aromatic rings. The van der Waals surface area contributed by atoms with Crippen molar-refractivity contribution >= 4 is 15.8 Å². The summed E-state index contributed by atoms with van der Waals surface area (Å²) < 4.78 is 32.8. The molecule has 0 fully saturated rings. The number of aromatic nitrogens is 2. The third-order valence-electron chi connectivity index (χ3n) is 2.70. The number of hydrogen-bond donors (Lipinski definition) is 1. The van der Waals surface area contributed by atoms with Crippen molar-refractivity contribution in [2.75, 3.05) is 12.3 Å². The summed E-state index contributed by atoms with van der Waals surface area (Å²) in [6.45, 7) is 2.24. The molecule has 2 N–H and O–H groups in total. The van der Waals surface area contributed by atoms with E-state index in [-0.39, 0.29) is 17.3 Å². The summed E-state index contributed by atoms with van der Waals surface area (Å²) >= 11 is 0. The molecule has 2 heterocycles. The smallest absolute Gasteiger partial charge is 0.248 e. The van der Waals surface area contributed by atoms with E-state index in [9.17, 15) is 8.42 Å². The highest BCUT2D eigenvalue weighted by molar-refractivity contribution is 7.89. The normalized spacial score (nSPS) is 12.2. The highest BCUT2D eigenvalue weighted by Crippen LogP contribution is 2.22. The van der Waals surface area contributed by atoms with Gasteiger partial charge in [-0.1, -0.05) is 6.92 Å². The minimum absolute atomic E-state index is 0.000366. The molecule has 0 aliphatic heterocycles. The summed E-state index contributed by atoms with van der Waals surface area (Å²) in [4.78, 5) is 0.0170. The lowest BCUT2D eigenvalue weighted by Gasteiger charge is -2.18. The average Bonchev–Trinajstić information content (AvgIpc) is 2.95. The quantitative estimate of drug-likeness (QED) is 0.876. The van der Waals surface area contributed by atoms with Gasteiger partial charge in [0.15, 0.2) is 5.82 Å². The Labute approximate surface area is 111 Å². The van der Waals surface area contributed by atoms with Crippen molar-refractivity contribution in [3.8, 4) is 0 Å². The molecule has 0 saturated carbocycles. The van der Waals surface area contributed by atoms with E-state index < -0.39 is 10.0 Å². The summed E-state index contributed by atoms with van der Waals surface area (Å²) in [5.41, 5.74) is 5.63. The number of sulfonamides is 1. The first kappa shape index (κ1) is 13.6. The lowest BCUT2D eigenvalue weighted by atomic mass is 10.4. The van der Waals surface area contributed by atoms with Gasteiger partial charge in [-0.05, 0) is 12.1 Å². The molecule has 0 aliphatic rings. The van der Waals surface area contributed by atoms with Crippen LogP contribution in [0.3, 0.4) is 0 Å². The van der Waals surface area contributed by atoms with Crippen molar-refractivity contribution in [2.45, 2.75) is 18.4 Å². The second-order valence-electron chi connectivity index (χ2n) is 4.06. The van der Waals surface area contributed by atoms with E-state index in [1.54, 1.807) is 26.1 Å². The van der Waals surface area contributed by atoms with Gasteiger partial charge in [0.1, 0.15) is 10.7 Å². The first-order chi connectivity index (χ1) is 8.95. The van der Waals surface area contributed by atoms with Gasteiger partial charge in [-0.15, -0.1) is 0 Å². The molecule has 19 heavy (non-hydrogen) atoms. The number of furan rings is 1. The third kappa shape index (κ3) is 2.64. The summed E-state index contributed by atoms with van der Waals surface area (Å²) in [6.07, 6.45) is 2.91. The predicted molar refractivity (Wildman–Crippen MR) is 69.6 cm³/mol.